The summed E-state index contributed by atoms with van der Waals surface area (Å²) in [5, 5.41) is 0. The van der Waals surface area contributed by atoms with E-state index in [4.69, 9.17) is 18.1 Å². The van der Waals surface area contributed by atoms with E-state index in [-0.39, 0.29) is 129 Å². The van der Waals surface area contributed by atoms with Gasteiger partial charge in [-0.05, 0) is 25.7 Å². The minimum absolute atomic E-state index is 0. The normalized spacial score (nSPS) is 11.7. The van der Waals surface area contributed by atoms with Crippen LogP contribution >= 0.6 is 15.6 Å². The molecule has 8 nitrogen and oxygen atoms in total. The standard InChI is InChI=1S/C40H83O4P.C36H75O4P.2K/c1-3-5-7-9-11-13-15-17-19-21-23-25-27-29-31-33-35-37-39-43-45(41,42)44-40-38-36-34-32-30-28-26-24-22-20-18-16-14-12-10-8-6-4-2;1-3-5-7-9-11-13-15-17-19-21-23-25-27-29-31-33-35-39-41(37,38)40-36-34-32-30-28-26-24-22-20-18-16-14-12-10-8-6-4-2;;/h3-40H2,1-2H3,(H,41,42);3-36H2,1-2H3,(H,37,38);;/q;;2*+1/p-2. The SMILES string of the molecule is CCCCCCCCCCCCCCCCCCCCOP(=O)([O-])OCCCCCCCCCCCCCCCCCCCC.CCCCCCCCCCCCCCCCCCOP(=O)([O-])OCCCCCCCCCCCCCCCCCC.[K+].[K+]. The van der Waals surface area contributed by atoms with Crippen LogP contribution in [0.1, 0.15) is 464 Å². The second kappa shape index (κ2) is 86.6. The quantitative estimate of drug-likeness (QED) is 0.0336. The Hall–Kier alpha value is 3.49. The van der Waals surface area contributed by atoms with Crippen molar-refractivity contribution in [3.05, 3.63) is 0 Å². The molecule has 0 radical (unpaired) electrons. The monoisotopic (exact) mass is 1340 g/mol. The first-order valence-corrected chi connectivity index (χ1v) is 42.4. The fourth-order valence-corrected chi connectivity index (χ4v) is 13.6. The smallest absolute Gasteiger partial charge is 0.756 e. The van der Waals surface area contributed by atoms with Crippen molar-refractivity contribution in [2.75, 3.05) is 26.4 Å². The van der Waals surface area contributed by atoms with Gasteiger partial charge in [0.1, 0.15) is 0 Å². The summed E-state index contributed by atoms with van der Waals surface area (Å²) in [6.45, 7) is 10.2. The van der Waals surface area contributed by atoms with E-state index in [9.17, 15) is 18.9 Å². The Morgan fingerprint density at radius 2 is 0.250 bits per heavy atom. The van der Waals surface area contributed by atoms with Crippen LogP contribution in [0.25, 0.3) is 0 Å². The topological polar surface area (TPSA) is 117 Å². The van der Waals surface area contributed by atoms with Crippen molar-refractivity contribution in [3.8, 4) is 0 Å². The third-order valence-corrected chi connectivity index (χ3v) is 20.0. The molecule has 0 fully saturated rings. The molecule has 0 aliphatic heterocycles. The van der Waals surface area contributed by atoms with Crippen LogP contribution in [0.15, 0.2) is 0 Å². The molecule has 12 heteroatoms. The van der Waals surface area contributed by atoms with Gasteiger partial charge in [0, 0.05) is 0 Å². The molecule has 0 aliphatic carbocycles. The second-order valence-electron chi connectivity index (χ2n) is 26.9. The average Bonchev–Trinajstić information content (AvgIpc) is 3.54. The van der Waals surface area contributed by atoms with Crippen molar-refractivity contribution in [1.82, 2.24) is 0 Å². The van der Waals surface area contributed by atoms with Gasteiger partial charge in [0.25, 0.3) is 15.6 Å². The molecular formula is C76H156K2O8P2. The molecule has 0 bridgehead atoms. The Morgan fingerprint density at radius 1 is 0.170 bits per heavy atom. The van der Waals surface area contributed by atoms with E-state index in [2.05, 4.69) is 27.7 Å². The molecule has 0 heterocycles. The summed E-state index contributed by atoms with van der Waals surface area (Å²) >= 11 is 0. The number of hydrogen-bond acceptors (Lipinski definition) is 8. The van der Waals surface area contributed by atoms with E-state index in [0.717, 1.165) is 51.4 Å². The van der Waals surface area contributed by atoms with Crippen molar-refractivity contribution < 1.29 is 140 Å². The zero-order chi connectivity index (χ0) is 62.7. The van der Waals surface area contributed by atoms with Crippen molar-refractivity contribution in [2.24, 2.45) is 0 Å². The molecule has 0 unspecified atom stereocenters. The summed E-state index contributed by atoms with van der Waals surface area (Å²) in [5.74, 6) is 0. The van der Waals surface area contributed by atoms with Crippen molar-refractivity contribution in [1.29, 1.82) is 0 Å². The van der Waals surface area contributed by atoms with E-state index in [1.54, 1.807) is 0 Å². The predicted molar refractivity (Wildman–Crippen MR) is 376 cm³/mol. The van der Waals surface area contributed by atoms with Crippen LogP contribution in [0.4, 0.5) is 0 Å². The molecule has 0 aromatic rings. The van der Waals surface area contributed by atoms with Crippen LogP contribution in [-0.4, -0.2) is 26.4 Å². The molecule has 0 aliphatic rings. The summed E-state index contributed by atoms with van der Waals surface area (Å²) in [5.41, 5.74) is 0. The van der Waals surface area contributed by atoms with Gasteiger partial charge in [-0.3, -0.25) is 9.13 Å². The minimum Gasteiger partial charge on any atom is -0.756 e. The Morgan fingerprint density at radius 3 is 0.341 bits per heavy atom. The van der Waals surface area contributed by atoms with Crippen LogP contribution in [0.5, 0.6) is 0 Å². The van der Waals surface area contributed by atoms with Gasteiger partial charge < -0.3 is 27.9 Å². The third-order valence-electron chi connectivity index (χ3n) is 18.0. The summed E-state index contributed by atoms with van der Waals surface area (Å²) in [7, 11) is -8.25. The molecule has 0 saturated heterocycles. The first-order valence-electron chi connectivity index (χ1n) is 39.4. The summed E-state index contributed by atoms with van der Waals surface area (Å²) in [6, 6.07) is 0. The first kappa shape index (κ1) is 97.9. The third kappa shape index (κ3) is 91.6. The summed E-state index contributed by atoms with van der Waals surface area (Å²) in [4.78, 5) is 23.9. The van der Waals surface area contributed by atoms with Gasteiger partial charge in [0.2, 0.25) is 0 Å². The molecule has 520 valence electrons. The Labute approximate surface area is 638 Å². The molecule has 0 N–H and O–H groups in total. The zero-order valence-electron chi connectivity index (χ0n) is 61.1. The summed E-state index contributed by atoms with van der Waals surface area (Å²) in [6.07, 6.45) is 89.6. The van der Waals surface area contributed by atoms with Crippen LogP contribution < -0.4 is 113 Å². The maximum atomic E-state index is 12.0. The summed E-state index contributed by atoms with van der Waals surface area (Å²) < 4.78 is 44.2. The van der Waals surface area contributed by atoms with E-state index in [0.29, 0.717) is 0 Å². The van der Waals surface area contributed by atoms with E-state index in [1.165, 1.54) is 385 Å². The maximum absolute atomic E-state index is 12.0. The van der Waals surface area contributed by atoms with Gasteiger partial charge in [-0.1, -0.05) is 439 Å². The van der Waals surface area contributed by atoms with Gasteiger partial charge in [0.05, 0.1) is 26.4 Å². The van der Waals surface area contributed by atoms with Crippen LogP contribution in [0.2, 0.25) is 0 Å². The Kier molecular flexibility index (Phi) is 96.3. The predicted octanol–water partition coefficient (Wildman–Crippen LogP) is 21.6. The first-order chi connectivity index (χ1) is 42.2. The molecule has 0 rings (SSSR count). The van der Waals surface area contributed by atoms with Crippen molar-refractivity contribution in [2.45, 2.75) is 464 Å². The van der Waals surface area contributed by atoms with Gasteiger partial charge in [-0.25, -0.2) is 0 Å². The number of unbranched alkanes of at least 4 members (excludes halogenated alkanes) is 64. The second-order valence-corrected chi connectivity index (χ2v) is 29.7. The molecule has 0 atom stereocenters. The Balaban J connectivity index is -0.000000787. The molecule has 0 saturated carbocycles. The molecule has 0 amide bonds. The maximum Gasteiger partial charge on any atom is 1.00 e. The van der Waals surface area contributed by atoms with E-state index in [1.807, 2.05) is 0 Å². The zero-order valence-corrected chi connectivity index (χ0v) is 69.1. The largest absolute Gasteiger partial charge is 1.00 e. The molecule has 0 aromatic heterocycles. The number of phosphoric acid groups is 2. The number of phosphoric ester groups is 2. The average molecular weight is 1340 g/mol. The van der Waals surface area contributed by atoms with E-state index >= 15 is 0 Å². The molecule has 0 spiro atoms. The van der Waals surface area contributed by atoms with Gasteiger partial charge in [-0.15, -0.1) is 0 Å². The number of rotatable bonds is 76. The van der Waals surface area contributed by atoms with Crippen LogP contribution in [0.3, 0.4) is 0 Å². The van der Waals surface area contributed by atoms with Crippen LogP contribution in [-0.2, 0) is 27.2 Å². The fourth-order valence-electron chi connectivity index (χ4n) is 12.1. The van der Waals surface area contributed by atoms with Gasteiger partial charge in [-0.2, -0.15) is 0 Å². The van der Waals surface area contributed by atoms with E-state index < -0.39 is 15.6 Å². The van der Waals surface area contributed by atoms with Gasteiger partial charge >= 0.3 is 103 Å². The Bertz CT molecular complexity index is 1230. The fraction of sp³-hybridized carbons (Fsp3) is 1.00. The van der Waals surface area contributed by atoms with Crippen molar-refractivity contribution in [3.63, 3.8) is 0 Å². The number of hydrogen-bond donors (Lipinski definition) is 0. The minimum atomic E-state index is -4.13. The molecule has 0 aromatic carbocycles. The molecular weight excluding hydrogens is 1180 g/mol. The molecule has 88 heavy (non-hydrogen) atoms. The van der Waals surface area contributed by atoms with Gasteiger partial charge in [0.15, 0.2) is 0 Å². The van der Waals surface area contributed by atoms with Crippen molar-refractivity contribution >= 4 is 15.6 Å². The van der Waals surface area contributed by atoms with Crippen LogP contribution in [0, 0.1) is 0 Å².